The Bertz CT molecular complexity index is 399. The van der Waals surface area contributed by atoms with Crippen molar-refractivity contribution in [3.8, 4) is 0 Å². The molecule has 0 radical (unpaired) electrons. The van der Waals surface area contributed by atoms with Gasteiger partial charge in [0.15, 0.2) is 0 Å². The highest BCUT2D eigenvalue weighted by Gasteiger charge is 2.21. The number of ether oxygens (including phenoxy) is 1. The zero-order chi connectivity index (χ0) is 13.7. The van der Waals surface area contributed by atoms with E-state index in [0.29, 0.717) is 6.04 Å². The fourth-order valence-corrected chi connectivity index (χ4v) is 2.95. The lowest BCUT2D eigenvalue weighted by Crippen LogP contribution is -2.45. The lowest BCUT2D eigenvalue weighted by molar-refractivity contribution is -0.0143. The minimum absolute atomic E-state index is 0.391. The highest BCUT2D eigenvalue weighted by atomic mass is 79.9. The third kappa shape index (κ3) is 4.28. The van der Waals surface area contributed by atoms with Crippen LogP contribution in [0, 0.1) is 0 Å². The van der Waals surface area contributed by atoms with Crippen LogP contribution in [0.15, 0.2) is 28.7 Å². The van der Waals surface area contributed by atoms with Crippen molar-refractivity contribution in [1.82, 2.24) is 4.90 Å². The Balaban J connectivity index is 1.87. The van der Waals surface area contributed by atoms with Crippen molar-refractivity contribution in [2.24, 2.45) is 0 Å². The highest BCUT2D eigenvalue weighted by molar-refractivity contribution is 9.10. The molecule has 0 bridgehead atoms. The van der Waals surface area contributed by atoms with Gasteiger partial charge in [-0.3, -0.25) is 4.90 Å². The van der Waals surface area contributed by atoms with Crippen molar-refractivity contribution in [2.75, 3.05) is 26.3 Å². The van der Waals surface area contributed by atoms with Gasteiger partial charge in [0.2, 0.25) is 0 Å². The van der Waals surface area contributed by atoms with Gasteiger partial charge in [0, 0.05) is 23.6 Å². The molecular weight excluding hydrogens is 306 g/mol. The first-order chi connectivity index (χ1) is 9.20. The van der Waals surface area contributed by atoms with Crippen molar-refractivity contribution >= 4 is 15.9 Å². The predicted octanol–water partition coefficient (Wildman–Crippen LogP) is 2.98. The summed E-state index contributed by atoms with van der Waals surface area (Å²) in [5, 5.41) is 10.3. The molecule has 1 aromatic rings. The molecule has 0 aromatic heterocycles. The summed E-state index contributed by atoms with van der Waals surface area (Å²) < 4.78 is 6.52. The Morgan fingerprint density at radius 2 is 2.37 bits per heavy atom. The van der Waals surface area contributed by atoms with Crippen LogP contribution in [0.1, 0.15) is 31.4 Å². The molecule has 3 nitrogen and oxygen atoms in total. The summed E-state index contributed by atoms with van der Waals surface area (Å²) in [6.07, 6.45) is 1.48. The second kappa shape index (κ2) is 7.39. The molecule has 0 amide bonds. The summed E-state index contributed by atoms with van der Waals surface area (Å²) in [5.41, 5.74) is 0.982. The van der Waals surface area contributed by atoms with Crippen LogP contribution in [-0.4, -0.2) is 42.4 Å². The fourth-order valence-electron chi connectivity index (χ4n) is 2.53. The molecule has 2 atom stereocenters. The van der Waals surface area contributed by atoms with E-state index < -0.39 is 6.10 Å². The van der Waals surface area contributed by atoms with Crippen LogP contribution in [-0.2, 0) is 4.74 Å². The minimum atomic E-state index is -0.391. The monoisotopic (exact) mass is 327 g/mol. The number of rotatable bonds is 5. The van der Waals surface area contributed by atoms with Crippen molar-refractivity contribution in [2.45, 2.75) is 31.9 Å². The van der Waals surface area contributed by atoms with E-state index in [4.69, 9.17) is 4.74 Å². The molecule has 1 fully saturated rings. The third-order valence-corrected chi connectivity index (χ3v) is 4.24. The molecule has 0 saturated carbocycles. The summed E-state index contributed by atoms with van der Waals surface area (Å²) in [7, 11) is 0. The molecule has 1 aliphatic heterocycles. The standard InChI is InChI=1S/C15H22BrNO2/c1-2-14-11-19-9-8-17(14)7-6-15(18)12-4-3-5-13(16)10-12/h3-5,10,14-15,18H,2,6-9,11H2,1H3. The van der Waals surface area contributed by atoms with Gasteiger partial charge in [-0.2, -0.15) is 0 Å². The smallest absolute Gasteiger partial charge is 0.0802 e. The Morgan fingerprint density at radius 1 is 1.53 bits per heavy atom. The molecular formula is C15H22BrNO2. The Labute approximate surface area is 123 Å². The summed E-state index contributed by atoms with van der Waals surface area (Å²) in [6, 6.07) is 8.41. The van der Waals surface area contributed by atoms with Gasteiger partial charge < -0.3 is 9.84 Å². The van der Waals surface area contributed by atoms with Crippen LogP contribution in [0.25, 0.3) is 0 Å². The van der Waals surface area contributed by atoms with Gasteiger partial charge in [-0.05, 0) is 30.5 Å². The maximum atomic E-state index is 10.3. The third-order valence-electron chi connectivity index (χ3n) is 3.74. The number of nitrogens with zero attached hydrogens (tertiary/aromatic N) is 1. The second-order valence-electron chi connectivity index (χ2n) is 5.03. The number of morpholine rings is 1. The van der Waals surface area contributed by atoms with Gasteiger partial charge in [-0.25, -0.2) is 0 Å². The predicted molar refractivity (Wildman–Crippen MR) is 80.2 cm³/mol. The fraction of sp³-hybridized carbons (Fsp3) is 0.600. The molecule has 1 aliphatic rings. The summed E-state index contributed by atoms with van der Waals surface area (Å²) in [6.45, 7) is 5.73. The second-order valence-corrected chi connectivity index (χ2v) is 5.95. The van der Waals surface area contributed by atoms with Crippen LogP contribution >= 0.6 is 15.9 Å². The first kappa shape index (κ1) is 15.0. The Kier molecular flexibility index (Phi) is 5.82. The lowest BCUT2D eigenvalue weighted by atomic mass is 10.1. The maximum Gasteiger partial charge on any atom is 0.0802 e. The van der Waals surface area contributed by atoms with Gasteiger partial charge in [0.25, 0.3) is 0 Å². The van der Waals surface area contributed by atoms with Crippen LogP contribution < -0.4 is 0 Å². The van der Waals surface area contributed by atoms with Crippen LogP contribution in [0.4, 0.5) is 0 Å². The van der Waals surface area contributed by atoms with Gasteiger partial charge in [0.1, 0.15) is 0 Å². The molecule has 2 rings (SSSR count). The van der Waals surface area contributed by atoms with Crippen LogP contribution in [0.3, 0.4) is 0 Å². The van der Waals surface area contributed by atoms with Gasteiger partial charge >= 0.3 is 0 Å². The summed E-state index contributed by atoms with van der Waals surface area (Å²) >= 11 is 3.44. The topological polar surface area (TPSA) is 32.7 Å². The molecule has 1 saturated heterocycles. The molecule has 2 unspecified atom stereocenters. The van der Waals surface area contributed by atoms with Crippen LogP contribution in [0.5, 0.6) is 0 Å². The number of aliphatic hydroxyl groups excluding tert-OH is 1. The molecule has 4 heteroatoms. The van der Waals surface area contributed by atoms with E-state index in [2.05, 4.69) is 27.8 Å². The largest absolute Gasteiger partial charge is 0.388 e. The Morgan fingerprint density at radius 3 is 3.11 bits per heavy atom. The SMILES string of the molecule is CCC1COCCN1CCC(O)c1cccc(Br)c1. The molecule has 0 spiro atoms. The van der Waals surface area contributed by atoms with E-state index in [9.17, 15) is 5.11 Å². The lowest BCUT2D eigenvalue weighted by Gasteiger charge is -2.35. The average molecular weight is 328 g/mol. The van der Waals surface area contributed by atoms with Crippen molar-refractivity contribution < 1.29 is 9.84 Å². The summed E-state index contributed by atoms with van der Waals surface area (Å²) in [4.78, 5) is 2.44. The maximum absolute atomic E-state index is 10.3. The van der Waals surface area contributed by atoms with Gasteiger partial charge in [-0.15, -0.1) is 0 Å². The van der Waals surface area contributed by atoms with Gasteiger partial charge in [-0.1, -0.05) is 35.0 Å². The number of benzene rings is 1. The summed E-state index contributed by atoms with van der Waals surface area (Å²) in [5.74, 6) is 0. The van der Waals surface area contributed by atoms with E-state index in [-0.39, 0.29) is 0 Å². The quantitative estimate of drug-likeness (QED) is 0.902. The van der Waals surface area contributed by atoms with E-state index in [1.807, 2.05) is 24.3 Å². The molecule has 1 N–H and O–H groups in total. The minimum Gasteiger partial charge on any atom is -0.388 e. The Hall–Kier alpha value is -0.420. The van der Waals surface area contributed by atoms with Crippen molar-refractivity contribution in [3.05, 3.63) is 34.3 Å². The van der Waals surface area contributed by atoms with E-state index in [1.54, 1.807) is 0 Å². The van der Waals surface area contributed by atoms with E-state index >= 15 is 0 Å². The molecule has 106 valence electrons. The number of halogens is 1. The van der Waals surface area contributed by atoms with Crippen molar-refractivity contribution in [1.29, 1.82) is 0 Å². The average Bonchev–Trinajstić information content (AvgIpc) is 2.45. The molecule has 1 aromatic carbocycles. The molecule has 19 heavy (non-hydrogen) atoms. The van der Waals surface area contributed by atoms with Crippen molar-refractivity contribution in [3.63, 3.8) is 0 Å². The van der Waals surface area contributed by atoms with E-state index in [0.717, 1.165) is 49.2 Å². The zero-order valence-electron chi connectivity index (χ0n) is 11.4. The normalized spacial score (nSPS) is 22.4. The first-order valence-electron chi connectivity index (χ1n) is 6.96. The molecule has 0 aliphatic carbocycles. The number of hydrogen-bond donors (Lipinski definition) is 1. The number of hydrogen-bond acceptors (Lipinski definition) is 3. The number of aliphatic hydroxyl groups is 1. The molecule has 1 heterocycles. The zero-order valence-corrected chi connectivity index (χ0v) is 13.0. The first-order valence-corrected chi connectivity index (χ1v) is 7.75. The highest BCUT2D eigenvalue weighted by Crippen LogP contribution is 2.22. The van der Waals surface area contributed by atoms with E-state index in [1.165, 1.54) is 0 Å². The van der Waals surface area contributed by atoms with Gasteiger partial charge in [0.05, 0.1) is 19.3 Å². The van der Waals surface area contributed by atoms with Crippen LogP contribution in [0.2, 0.25) is 0 Å².